The first-order valence-corrected chi connectivity index (χ1v) is 9.31. The Kier molecular flexibility index (Phi) is 4.55. The average molecular weight is 399 g/mol. The summed E-state index contributed by atoms with van der Waals surface area (Å²) in [5.74, 6) is 0.772. The highest BCUT2D eigenvalue weighted by Gasteiger charge is 2.11. The van der Waals surface area contributed by atoms with Gasteiger partial charge in [0.25, 0.3) is 5.56 Å². The molecule has 2 aromatic heterocycles. The van der Waals surface area contributed by atoms with Crippen LogP contribution in [0.4, 0.5) is 5.13 Å². The summed E-state index contributed by atoms with van der Waals surface area (Å²) in [4.78, 5) is 21.6. The van der Waals surface area contributed by atoms with Gasteiger partial charge in [-0.2, -0.15) is 0 Å². The van der Waals surface area contributed by atoms with Crippen LogP contribution in [-0.2, 0) is 0 Å². The molecule has 0 spiro atoms. The van der Waals surface area contributed by atoms with E-state index in [9.17, 15) is 4.79 Å². The Bertz CT molecular complexity index is 1200. The van der Waals surface area contributed by atoms with Crippen LogP contribution in [-0.4, -0.2) is 28.1 Å². The number of fused-ring (bicyclic) bond motifs is 1. The Morgan fingerprint density at radius 2 is 2.04 bits per heavy atom. The lowest BCUT2D eigenvalue weighted by Crippen LogP contribution is -2.17. The highest BCUT2D eigenvalue weighted by atomic mass is 35.5. The molecule has 0 saturated heterocycles. The van der Waals surface area contributed by atoms with E-state index in [4.69, 9.17) is 16.3 Å². The number of aliphatic imine (C=N–C) groups is 1. The van der Waals surface area contributed by atoms with Crippen LogP contribution in [0.3, 0.4) is 0 Å². The van der Waals surface area contributed by atoms with Crippen LogP contribution in [0.5, 0.6) is 5.75 Å². The molecule has 4 rings (SSSR count). The molecule has 0 fully saturated rings. The molecule has 0 atom stereocenters. The molecule has 2 heterocycles. The molecule has 0 bridgehead atoms. The van der Waals surface area contributed by atoms with Gasteiger partial charge in [-0.05, 0) is 49.4 Å². The van der Waals surface area contributed by atoms with Gasteiger partial charge in [-0.15, -0.1) is 0 Å². The maximum atomic E-state index is 12.7. The van der Waals surface area contributed by atoms with Crippen molar-refractivity contribution >= 4 is 44.5 Å². The number of hydrogen-bond donors (Lipinski definition) is 1. The van der Waals surface area contributed by atoms with E-state index in [1.165, 1.54) is 16.0 Å². The summed E-state index contributed by atoms with van der Waals surface area (Å²) in [5, 5.41) is 4.26. The zero-order valence-corrected chi connectivity index (χ0v) is 16.1. The SMILES string of the molecule is COc1ccc2nc(/N=C/c3c(C)[nH]n(-c4ccc(Cl)cc4)c3=O)sc2c1. The van der Waals surface area contributed by atoms with Crippen molar-refractivity contribution in [1.82, 2.24) is 14.8 Å². The number of nitrogens with zero attached hydrogens (tertiary/aromatic N) is 3. The maximum Gasteiger partial charge on any atom is 0.280 e. The fourth-order valence-electron chi connectivity index (χ4n) is 2.68. The van der Waals surface area contributed by atoms with Crippen molar-refractivity contribution in [2.75, 3.05) is 7.11 Å². The Morgan fingerprint density at radius 3 is 2.78 bits per heavy atom. The first kappa shape index (κ1) is 17.5. The molecule has 0 aliphatic heterocycles. The van der Waals surface area contributed by atoms with E-state index in [2.05, 4.69) is 15.1 Å². The third-order valence-corrected chi connectivity index (χ3v) is 5.27. The number of aryl methyl sites for hydroxylation is 1. The van der Waals surface area contributed by atoms with Crippen molar-refractivity contribution in [2.45, 2.75) is 6.92 Å². The highest BCUT2D eigenvalue weighted by molar-refractivity contribution is 7.22. The summed E-state index contributed by atoms with van der Waals surface area (Å²) in [6.45, 7) is 1.83. The molecule has 1 N–H and O–H groups in total. The minimum absolute atomic E-state index is 0.179. The van der Waals surface area contributed by atoms with E-state index >= 15 is 0 Å². The van der Waals surface area contributed by atoms with Crippen LogP contribution >= 0.6 is 22.9 Å². The second kappa shape index (κ2) is 7.02. The number of hydrogen-bond acceptors (Lipinski definition) is 5. The number of nitrogens with one attached hydrogen (secondary N) is 1. The van der Waals surface area contributed by atoms with Gasteiger partial charge in [-0.3, -0.25) is 9.89 Å². The molecule has 0 radical (unpaired) electrons. The zero-order valence-electron chi connectivity index (χ0n) is 14.6. The quantitative estimate of drug-likeness (QED) is 0.514. The lowest BCUT2D eigenvalue weighted by molar-refractivity contribution is 0.415. The fraction of sp³-hybridized carbons (Fsp3) is 0.105. The Morgan fingerprint density at radius 1 is 1.26 bits per heavy atom. The minimum Gasteiger partial charge on any atom is -0.497 e. The lowest BCUT2D eigenvalue weighted by atomic mass is 10.3. The van der Waals surface area contributed by atoms with E-state index in [0.29, 0.717) is 21.4 Å². The molecule has 0 unspecified atom stereocenters. The summed E-state index contributed by atoms with van der Waals surface area (Å²) in [7, 11) is 1.63. The predicted molar refractivity (Wildman–Crippen MR) is 110 cm³/mol. The number of ether oxygens (including phenoxy) is 1. The monoisotopic (exact) mass is 398 g/mol. The number of thiazole rings is 1. The van der Waals surface area contributed by atoms with E-state index < -0.39 is 0 Å². The number of methoxy groups -OCH3 is 1. The second-order valence-corrected chi connectivity index (χ2v) is 7.30. The first-order chi connectivity index (χ1) is 13.0. The van der Waals surface area contributed by atoms with Gasteiger partial charge in [0.15, 0.2) is 0 Å². The lowest BCUT2D eigenvalue weighted by Gasteiger charge is -2.00. The zero-order chi connectivity index (χ0) is 19.0. The Hall–Kier alpha value is -2.90. The van der Waals surface area contributed by atoms with Crippen molar-refractivity contribution < 1.29 is 4.74 Å². The Labute approximate surface area is 163 Å². The molecular weight excluding hydrogens is 384 g/mol. The van der Waals surface area contributed by atoms with E-state index in [0.717, 1.165) is 21.7 Å². The molecule has 136 valence electrons. The number of H-pyrrole nitrogens is 1. The molecule has 0 aliphatic carbocycles. The van der Waals surface area contributed by atoms with Gasteiger partial charge in [0.1, 0.15) is 5.75 Å². The summed E-state index contributed by atoms with van der Waals surface area (Å²) in [6, 6.07) is 12.7. The van der Waals surface area contributed by atoms with Gasteiger partial charge in [0.05, 0.1) is 28.6 Å². The van der Waals surface area contributed by atoms with Crippen LogP contribution in [0.25, 0.3) is 15.9 Å². The largest absolute Gasteiger partial charge is 0.497 e. The summed E-state index contributed by atoms with van der Waals surface area (Å²) >= 11 is 7.35. The normalized spacial score (nSPS) is 11.5. The molecule has 0 aliphatic rings. The molecular formula is C19H15ClN4O2S. The van der Waals surface area contributed by atoms with Gasteiger partial charge >= 0.3 is 0 Å². The van der Waals surface area contributed by atoms with Crippen LogP contribution < -0.4 is 10.3 Å². The highest BCUT2D eigenvalue weighted by Crippen LogP contribution is 2.30. The van der Waals surface area contributed by atoms with Crippen molar-refractivity contribution in [3.63, 3.8) is 0 Å². The van der Waals surface area contributed by atoms with Crippen molar-refractivity contribution in [2.24, 2.45) is 4.99 Å². The van der Waals surface area contributed by atoms with Crippen LogP contribution in [0.15, 0.2) is 52.3 Å². The van der Waals surface area contributed by atoms with E-state index in [-0.39, 0.29) is 5.56 Å². The smallest absolute Gasteiger partial charge is 0.280 e. The van der Waals surface area contributed by atoms with E-state index in [1.807, 2.05) is 25.1 Å². The molecule has 0 saturated carbocycles. The van der Waals surface area contributed by atoms with Crippen LogP contribution in [0.1, 0.15) is 11.3 Å². The van der Waals surface area contributed by atoms with Crippen molar-refractivity contribution in [3.8, 4) is 11.4 Å². The molecule has 27 heavy (non-hydrogen) atoms. The average Bonchev–Trinajstić information content (AvgIpc) is 3.20. The maximum absolute atomic E-state index is 12.7. The number of rotatable bonds is 4. The van der Waals surface area contributed by atoms with Crippen LogP contribution in [0.2, 0.25) is 5.02 Å². The van der Waals surface area contributed by atoms with Crippen molar-refractivity contribution in [1.29, 1.82) is 0 Å². The van der Waals surface area contributed by atoms with E-state index in [1.54, 1.807) is 37.6 Å². The summed E-state index contributed by atoms with van der Waals surface area (Å²) in [6.07, 6.45) is 1.55. The fourth-order valence-corrected chi connectivity index (χ4v) is 3.64. The number of aromatic nitrogens is 3. The van der Waals surface area contributed by atoms with Crippen LogP contribution in [0, 0.1) is 6.92 Å². The predicted octanol–water partition coefficient (Wildman–Crippen LogP) is 4.50. The molecule has 8 heteroatoms. The van der Waals surface area contributed by atoms with Gasteiger partial charge in [0.2, 0.25) is 5.13 Å². The third kappa shape index (κ3) is 3.39. The summed E-state index contributed by atoms with van der Waals surface area (Å²) < 4.78 is 7.67. The van der Waals surface area contributed by atoms with Gasteiger partial charge < -0.3 is 4.74 Å². The Balaban J connectivity index is 1.68. The molecule has 6 nitrogen and oxygen atoms in total. The molecule has 0 amide bonds. The third-order valence-electron chi connectivity index (χ3n) is 4.09. The van der Waals surface area contributed by atoms with Gasteiger partial charge in [-0.1, -0.05) is 22.9 Å². The van der Waals surface area contributed by atoms with Crippen molar-refractivity contribution in [3.05, 3.63) is 69.1 Å². The number of halogens is 1. The van der Waals surface area contributed by atoms with Gasteiger partial charge in [-0.25, -0.2) is 14.7 Å². The molecule has 2 aromatic carbocycles. The number of benzene rings is 2. The molecule has 4 aromatic rings. The first-order valence-electron chi connectivity index (χ1n) is 8.11. The standard InChI is InChI=1S/C19H15ClN4O2S/c1-11-15(18(25)24(23-11)13-5-3-12(20)4-6-13)10-21-19-22-16-8-7-14(26-2)9-17(16)27-19/h3-10,23H,1-2H3/b21-10+. The second-order valence-electron chi connectivity index (χ2n) is 5.86. The minimum atomic E-state index is -0.179. The number of aromatic amines is 1. The topological polar surface area (TPSA) is 72.3 Å². The summed E-state index contributed by atoms with van der Waals surface area (Å²) in [5.41, 5.74) is 2.58. The van der Waals surface area contributed by atoms with Gasteiger partial charge in [0, 0.05) is 16.9 Å².